The van der Waals surface area contributed by atoms with Gasteiger partial charge >= 0.3 is 6.18 Å². The molecule has 1 heterocycles. The molecule has 0 bridgehead atoms. The molecule has 0 aliphatic carbocycles. The van der Waals surface area contributed by atoms with Crippen molar-refractivity contribution in [3.8, 4) is 16.9 Å². The fourth-order valence-electron chi connectivity index (χ4n) is 1.95. The number of aromatic nitrogens is 1. The summed E-state index contributed by atoms with van der Waals surface area (Å²) in [7, 11) is 5.01. The van der Waals surface area contributed by atoms with Crippen LogP contribution in [0.1, 0.15) is 5.56 Å². The number of benzene rings is 1. The third-order valence-electron chi connectivity index (χ3n) is 3.02. The molecule has 0 spiro atoms. The quantitative estimate of drug-likeness (QED) is 0.860. The lowest BCUT2D eigenvalue weighted by molar-refractivity contribution is -0.137. The highest BCUT2D eigenvalue weighted by Crippen LogP contribution is 2.35. The molecule has 0 aliphatic heterocycles. The molecule has 0 unspecified atom stereocenters. The smallest absolute Gasteiger partial charge is 0.417 e. The van der Waals surface area contributed by atoms with Crippen LogP contribution in [0.2, 0.25) is 0 Å². The van der Waals surface area contributed by atoms with E-state index in [4.69, 9.17) is 4.74 Å². The second-order valence-electron chi connectivity index (χ2n) is 4.72. The van der Waals surface area contributed by atoms with Crippen molar-refractivity contribution in [3.63, 3.8) is 0 Å². The topological polar surface area (TPSA) is 25.4 Å². The molecule has 0 amide bonds. The van der Waals surface area contributed by atoms with Gasteiger partial charge in [-0.25, -0.2) is 4.98 Å². The van der Waals surface area contributed by atoms with Gasteiger partial charge in [0.1, 0.15) is 11.6 Å². The van der Waals surface area contributed by atoms with Crippen LogP contribution in [0.3, 0.4) is 0 Å². The van der Waals surface area contributed by atoms with Crippen LogP contribution in [-0.2, 0) is 6.18 Å². The van der Waals surface area contributed by atoms with Crippen molar-refractivity contribution >= 4 is 5.82 Å². The molecule has 3 nitrogen and oxygen atoms in total. The maximum absolute atomic E-state index is 12.9. The Morgan fingerprint density at radius 2 is 1.71 bits per heavy atom. The molecule has 0 saturated heterocycles. The molecule has 0 aliphatic rings. The van der Waals surface area contributed by atoms with Gasteiger partial charge in [-0.1, -0.05) is 12.1 Å². The van der Waals surface area contributed by atoms with Crippen LogP contribution in [0.25, 0.3) is 11.1 Å². The zero-order chi connectivity index (χ0) is 15.6. The van der Waals surface area contributed by atoms with Gasteiger partial charge in [0.25, 0.3) is 0 Å². The number of anilines is 1. The van der Waals surface area contributed by atoms with Gasteiger partial charge < -0.3 is 9.64 Å². The van der Waals surface area contributed by atoms with Crippen molar-refractivity contribution in [2.45, 2.75) is 6.18 Å². The Morgan fingerprint density at radius 1 is 1.10 bits per heavy atom. The number of alkyl halides is 3. The predicted molar refractivity (Wildman–Crippen MR) is 75.6 cm³/mol. The predicted octanol–water partition coefficient (Wildman–Crippen LogP) is 3.84. The number of methoxy groups -OCH3 is 1. The first-order valence-electron chi connectivity index (χ1n) is 6.22. The minimum atomic E-state index is -4.42. The number of hydrogen-bond donors (Lipinski definition) is 0. The standard InChI is InChI=1S/C15H15F3N2O/c1-20(2)14-13(8-11(9-19-14)15(16,17)18)10-4-6-12(21-3)7-5-10/h4-9H,1-3H3. The van der Waals surface area contributed by atoms with Gasteiger partial charge in [-0.05, 0) is 23.8 Å². The fraction of sp³-hybridized carbons (Fsp3) is 0.267. The van der Waals surface area contributed by atoms with Crippen LogP contribution in [-0.4, -0.2) is 26.2 Å². The highest BCUT2D eigenvalue weighted by atomic mass is 19.4. The molecule has 2 aromatic rings. The largest absolute Gasteiger partial charge is 0.497 e. The zero-order valence-electron chi connectivity index (χ0n) is 11.9. The lowest BCUT2D eigenvalue weighted by Crippen LogP contribution is -2.14. The fourth-order valence-corrected chi connectivity index (χ4v) is 1.95. The van der Waals surface area contributed by atoms with Crippen molar-refractivity contribution in [3.05, 3.63) is 42.1 Å². The molecule has 112 valence electrons. The Morgan fingerprint density at radius 3 is 2.19 bits per heavy atom. The summed E-state index contributed by atoms with van der Waals surface area (Å²) in [5.74, 6) is 1.12. The van der Waals surface area contributed by atoms with Crippen molar-refractivity contribution in [2.75, 3.05) is 26.1 Å². The van der Waals surface area contributed by atoms with Crippen LogP contribution < -0.4 is 9.64 Å². The summed E-state index contributed by atoms with van der Waals surface area (Å²) in [6.45, 7) is 0. The van der Waals surface area contributed by atoms with Crippen LogP contribution in [0.4, 0.5) is 19.0 Å². The number of ether oxygens (including phenoxy) is 1. The summed E-state index contributed by atoms with van der Waals surface area (Å²) >= 11 is 0. The second kappa shape index (κ2) is 5.63. The van der Waals surface area contributed by atoms with Crippen LogP contribution in [0.15, 0.2) is 36.5 Å². The maximum Gasteiger partial charge on any atom is 0.417 e. The first-order valence-corrected chi connectivity index (χ1v) is 6.22. The minimum absolute atomic E-state index is 0.428. The molecular weight excluding hydrogens is 281 g/mol. The number of rotatable bonds is 3. The Balaban J connectivity index is 2.57. The molecule has 0 atom stereocenters. The number of hydrogen-bond acceptors (Lipinski definition) is 3. The number of nitrogens with zero attached hydrogens (tertiary/aromatic N) is 2. The molecule has 0 fully saturated rings. The van der Waals surface area contributed by atoms with Crippen molar-refractivity contribution in [1.82, 2.24) is 4.98 Å². The van der Waals surface area contributed by atoms with Gasteiger partial charge in [0.15, 0.2) is 0 Å². The molecular formula is C15H15F3N2O. The van der Waals surface area contributed by atoms with Gasteiger partial charge in [0.2, 0.25) is 0 Å². The van der Waals surface area contributed by atoms with E-state index in [2.05, 4.69) is 4.98 Å². The summed E-state index contributed by atoms with van der Waals surface area (Å²) in [6, 6.07) is 7.94. The summed E-state index contributed by atoms with van der Waals surface area (Å²) < 4.78 is 43.6. The van der Waals surface area contributed by atoms with Gasteiger partial charge in [-0.3, -0.25) is 0 Å². The first kappa shape index (κ1) is 15.2. The summed E-state index contributed by atoms with van der Waals surface area (Å²) in [4.78, 5) is 5.62. The van der Waals surface area contributed by atoms with Crippen LogP contribution >= 0.6 is 0 Å². The lowest BCUT2D eigenvalue weighted by atomic mass is 10.0. The summed E-state index contributed by atoms with van der Waals surface area (Å²) in [6.07, 6.45) is -3.57. The van der Waals surface area contributed by atoms with E-state index in [-0.39, 0.29) is 0 Å². The van der Waals surface area contributed by atoms with E-state index in [1.807, 2.05) is 0 Å². The van der Waals surface area contributed by atoms with E-state index < -0.39 is 11.7 Å². The Bertz CT molecular complexity index is 622. The molecule has 0 N–H and O–H groups in total. The Hall–Kier alpha value is -2.24. The van der Waals surface area contributed by atoms with E-state index in [0.717, 1.165) is 12.3 Å². The molecule has 0 radical (unpaired) electrons. The zero-order valence-corrected chi connectivity index (χ0v) is 11.9. The van der Waals surface area contributed by atoms with E-state index in [1.54, 1.807) is 43.3 Å². The molecule has 21 heavy (non-hydrogen) atoms. The highest BCUT2D eigenvalue weighted by Gasteiger charge is 2.32. The van der Waals surface area contributed by atoms with Gasteiger partial charge in [0, 0.05) is 25.9 Å². The SMILES string of the molecule is COc1ccc(-c2cc(C(F)(F)F)cnc2N(C)C)cc1. The normalized spacial score (nSPS) is 11.3. The van der Waals surface area contributed by atoms with E-state index in [9.17, 15) is 13.2 Å². The third-order valence-corrected chi connectivity index (χ3v) is 3.02. The maximum atomic E-state index is 12.9. The molecule has 2 rings (SSSR count). The molecule has 1 aromatic carbocycles. The van der Waals surface area contributed by atoms with Crippen molar-refractivity contribution in [1.29, 1.82) is 0 Å². The highest BCUT2D eigenvalue weighted by molar-refractivity contribution is 5.76. The van der Waals surface area contributed by atoms with E-state index in [1.165, 1.54) is 7.11 Å². The Labute approximate surface area is 121 Å². The molecule has 0 saturated carbocycles. The minimum Gasteiger partial charge on any atom is -0.497 e. The number of pyridine rings is 1. The summed E-state index contributed by atoms with van der Waals surface area (Å²) in [5.41, 5.74) is 0.314. The average molecular weight is 296 g/mol. The van der Waals surface area contributed by atoms with Gasteiger partial charge in [-0.2, -0.15) is 13.2 Å². The van der Waals surface area contributed by atoms with Gasteiger partial charge in [0.05, 0.1) is 12.7 Å². The average Bonchev–Trinajstić information content (AvgIpc) is 2.45. The second-order valence-corrected chi connectivity index (χ2v) is 4.72. The lowest BCUT2D eigenvalue weighted by Gasteiger charge is -2.18. The molecule has 1 aromatic heterocycles. The molecule has 6 heteroatoms. The van der Waals surface area contributed by atoms with E-state index >= 15 is 0 Å². The van der Waals surface area contributed by atoms with Crippen molar-refractivity contribution < 1.29 is 17.9 Å². The summed E-state index contributed by atoms with van der Waals surface area (Å²) in [5, 5.41) is 0. The van der Waals surface area contributed by atoms with E-state index in [0.29, 0.717) is 22.7 Å². The van der Waals surface area contributed by atoms with Crippen LogP contribution in [0, 0.1) is 0 Å². The van der Waals surface area contributed by atoms with Gasteiger partial charge in [-0.15, -0.1) is 0 Å². The Kier molecular flexibility index (Phi) is 4.06. The third kappa shape index (κ3) is 3.26. The number of halogens is 3. The van der Waals surface area contributed by atoms with Crippen LogP contribution in [0.5, 0.6) is 5.75 Å². The first-order chi connectivity index (χ1) is 9.82. The van der Waals surface area contributed by atoms with Crippen molar-refractivity contribution in [2.24, 2.45) is 0 Å². The monoisotopic (exact) mass is 296 g/mol.